The molecule has 3 aromatic carbocycles. The average molecular weight is 402 g/mol. The van der Waals surface area contributed by atoms with Crippen LogP contribution in [0.3, 0.4) is 0 Å². The van der Waals surface area contributed by atoms with Crippen LogP contribution in [0.25, 0.3) is 0 Å². The number of anilines is 1. The van der Waals surface area contributed by atoms with Gasteiger partial charge in [0.1, 0.15) is 12.4 Å². The Hall–Kier alpha value is -3.60. The SMILES string of the molecule is Cc1cc(C)c(NC(=O)CNC(=O)c2cccc(OCc3ccccc3)c2)c(C)c1. The summed E-state index contributed by atoms with van der Waals surface area (Å²) in [6.07, 6.45) is 0. The topological polar surface area (TPSA) is 67.4 Å². The highest BCUT2D eigenvalue weighted by atomic mass is 16.5. The van der Waals surface area contributed by atoms with E-state index >= 15 is 0 Å². The monoisotopic (exact) mass is 402 g/mol. The van der Waals surface area contributed by atoms with E-state index in [1.54, 1.807) is 24.3 Å². The number of hydrogen-bond acceptors (Lipinski definition) is 3. The molecule has 3 rings (SSSR count). The van der Waals surface area contributed by atoms with Gasteiger partial charge in [-0.05, 0) is 55.7 Å². The summed E-state index contributed by atoms with van der Waals surface area (Å²) >= 11 is 0. The van der Waals surface area contributed by atoms with Crippen LogP contribution in [0.1, 0.15) is 32.6 Å². The zero-order valence-corrected chi connectivity index (χ0v) is 17.5. The lowest BCUT2D eigenvalue weighted by atomic mass is 10.1. The first-order valence-electron chi connectivity index (χ1n) is 9.85. The molecule has 0 radical (unpaired) electrons. The third-order valence-electron chi connectivity index (χ3n) is 4.70. The molecule has 5 nitrogen and oxygen atoms in total. The highest BCUT2D eigenvalue weighted by Gasteiger charge is 2.11. The molecule has 0 aliphatic rings. The van der Waals surface area contributed by atoms with Crippen LogP contribution in [-0.2, 0) is 11.4 Å². The standard InChI is InChI=1S/C25H26N2O3/c1-17-12-18(2)24(19(3)13-17)27-23(28)15-26-25(29)21-10-7-11-22(14-21)30-16-20-8-5-4-6-9-20/h4-14H,15-16H2,1-3H3,(H,26,29)(H,27,28). The second-order valence-electron chi connectivity index (χ2n) is 7.31. The fraction of sp³-hybridized carbons (Fsp3) is 0.200. The molecular formula is C25H26N2O3. The minimum absolute atomic E-state index is 0.110. The van der Waals surface area contributed by atoms with Crippen LogP contribution in [0.2, 0.25) is 0 Å². The summed E-state index contributed by atoms with van der Waals surface area (Å²) in [5.74, 6) is 0.00408. The van der Waals surface area contributed by atoms with Crippen molar-refractivity contribution in [2.75, 3.05) is 11.9 Å². The van der Waals surface area contributed by atoms with Crippen molar-refractivity contribution < 1.29 is 14.3 Å². The van der Waals surface area contributed by atoms with E-state index in [1.807, 2.05) is 63.2 Å². The molecule has 0 heterocycles. The summed E-state index contributed by atoms with van der Waals surface area (Å²) < 4.78 is 5.76. The predicted molar refractivity (Wildman–Crippen MR) is 119 cm³/mol. The molecular weight excluding hydrogens is 376 g/mol. The second-order valence-corrected chi connectivity index (χ2v) is 7.31. The Labute approximate surface area is 177 Å². The maximum absolute atomic E-state index is 12.5. The van der Waals surface area contributed by atoms with Crippen LogP contribution in [0.4, 0.5) is 5.69 Å². The van der Waals surface area contributed by atoms with Gasteiger partial charge in [-0.3, -0.25) is 9.59 Å². The smallest absolute Gasteiger partial charge is 0.251 e. The number of rotatable bonds is 7. The minimum Gasteiger partial charge on any atom is -0.489 e. The molecule has 0 bridgehead atoms. The maximum Gasteiger partial charge on any atom is 0.251 e. The molecule has 0 aliphatic carbocycles. The fourth-order valence-corrected chi connectivity index (χ4v) is 3.29. The van der Waals surface area contributed by atoms with Crippen LogP contribution in [-0.4, -0.2) is 18.4 Å². The molecule has 0 spiro atoms. The van der Waals surface area contributed by atoms with Gasteiger partial charge in [0.2, 0.25) is 5.91 Å². The van der Waals surface area contributed by atoms with Crippen LogP contribution in [0.15, 0.2) is 66.7 Å². The van der Waals surface area contributed by atoms with Crippen LogP contribution >= 0.6 is 0 Å². The number of nitrogens with one attached hydrogen (secondary N) is 2. The van der Waals surface area contributed by atoms with Crippen molar-refractivity contribution in [3.63, 3.8) is 0 Å². The molecule has 3 aromatic rings. The number of carbonyl (C=O) groups excluding carboxylic acids is 2. The molecule has 2 amide bonds. The van der Waals surface area contributed by atoms with Gasteiger partial charge in [0, 0.05) is 11.3 Å². The van der Waals surface area contributed by atoms with Crippen molar-refractivity contribution in [2.45, 2.75) is 27.4 Å². The lowest BCUT2D eigenvalue weighted by molar-refractivity contribution is -0.115. The lowest BCUT2D eigenvalue weighted by Crippen LogP contribution is -2.33. The number of carbonyl (C=O) groups is 2. The van der Waals surface area contributed by atoms with Gasteiger partial charge < -0.3 is 15.4 Å². The van der Waals surface area contributed by atoms with E-state index in [9.17, 15) is 9.59 Å². The second kappa shape index (κ2) is 9.74. The molecule has 154 valence electrons. The molecule has 0 saturated heterocycles. The van der Waals surface area contributed by atoms with Gasteiger partial charge >= 0.3 is 0 Å². The van der Waals surface area contributed by atoms with Crippen molar-refractivity contribution in [1.82, 2.24) is 5.32 Å². The summed E-state index contributed by atoms with van der Waals surface area (Å²) in [5, 5.41) is 5.55. The fourth-order valence-electron chi connectivity index (χ4n) is 3.29. The van der Waals surface area contributed by atoms with Crippen molar-refractivity contribution in [3.8, 4) is 5.75 Å². The Balaban J connectivity index is 1.55. The summed E-state index contributed by atoms with van der Waals surface area (Å²) in [6.45, 7) is 6.23. The summed E-state index contributed by atoms with van der Waals surface area (Å²) in [7, 11) is 0. The average Bonchev–Trinajstić information content (AvgIpc) is 2.74. The Morgan fingerprint density at radius 1 is 0.867 bits per heavy atom. The van der Waals surface area contributed by atoms with Crippen molar-refractivity contribution in [3.05, 3.63) is 94.5 Å². The predicted octanol–water partition coefficient (Wildman–Crippen LogP) is 4.56. The quantitative estimate of drug-likeness (QED) is 0.609. The maximum atomic E-state index is 12.5. The van der Waals surface area contributed by atoms with Gasteiger partial charge in [-0.25, -0.2) is 0 Å². The Morgan fingerprint density at radius 3 is 2.27 bits per heavy atom. The largest absolute Gasteiger partial charge is 0.489 e. The number of hydrogen-bond donors (Lipinski definition) is 2. The Morgan fingerprint density at radius 2 is 1.57 bits per heavy atom. The first-order chi connectivity index (χ1) is 14.4. The van der Waals surface area contributed by atoms with Crippen molar-refractivity contribution in [1.29, 1.82) is 0 Å². The Bertz CT molecular complexity index is 1020. The number of ether oxygens (including phenoxy) is 1. The molecule has 0 unspecified atom stereocenters. The highest BCUT2D eigenvalue weighted by Crippen LogP contribution is 2.21. The van der Waals surface area contributed by atoms with E-state index in [2.05, 4.69) is 10.6 Å². The van der Waals surface area contributed by atoms with Crippen molar-refractivity contribution in [2.24, 2.45) is 0 Å². The number of aryl methyl sites for hydroxylation is 3. The van der Waals surface area contributed by atoms with E-state index in [-0.39, 0.29) is 18.4 Å². The van der Waals surface area contributed by atoms with Crippen LogP contribution in [0.5, 0.6) is 5.75 Å². The first-order valence-corrected chi connectivity index (χ1v) is 9.85. The van der Waals surface area contributed by atoms with Crippen molar-refractivity contribution >= 4 is 17.5 Å². The van der Waals surface area contributed by atoms with Crippen LogP contribution < -0.4 is 15.4 Å². The minimum atomic E-state index is -0.326. The van der Waals surface area contributed by atoms with E-state index in [0.29, 0.717) is 17.9 Å². The van der Waals surface area contributed by atoms with Gasteiger partial charge in [-0.15, -0.1) is 0 Å². The molecule has 0 aliphatic heterocycles. The third kappa shape index (κ3) is 5.70. The Kier molecular flexibility index (Phi) is 6.86. The van der Waals surface area contributed by atoms with Gasteiger partial charge in [0.05, 0.1) is 6.54 Å². The summed E-state index contributed by atoms with van der Waals surface area (Å²) in [4.78, 5) is 24.8. The van der Waals surface area contributed by atoms with Gasteiger partial charge in [0.15, 0.2) is 0 Å². The number of amides is 2. The van der Waals surface area contributed by atoms with Gasteiger partial charge in [-0.2, -0.15) is 0 Å². The van der Waals surface area contributed by atoms with E-state index in [4.69, 9.17) is 4.74 Å². The third-order valence-corrected chi connectivity index (χ3v) is 4.70. The van der Waals surface area contributed by atoms with Gasteiger partial charge in [-0.1, -0.05) is 54.1 Å². The molecule has 0 saturated carbocycles. The zero-order valence-electron chi connectivity index (χ0n) is 17.5. The molecule has 5 heteroatoms. The highest BCUT2D eigenvalue weighted by molar-refractivity contribution is 6.00. The molecule has 30 heavy (non-hydrogen) atoms. The van der Waals surface area contributed by atoms with Crippen LogP contribution in [0, 0.1) is 20.8 Å². The summed E-state index contributed by atoms with van der Waals surface area (Å²) in [5.41, 5.74) is 5.41. The zero-order chi connectivity index (χ0) is 21.5. The summed E-state index contributed by atoms with van der Waals surface area (Å²) in [6, 6.07) is 20.8. The lowest BCUT2D eigenvalue weighted by Gasteiger charge is -2.13. The molecule has 0 fully saturated rings. The van der Waals surface area contributed by atoms with E-state index in [1.165, 1.54) is 0 Å². The van der Waals surface area contributed by atoms with E-state index in [0.717, 1.165) is 27.9 Å². The molecule has 0 aromatic heterocycles. The molecule has 2 N–H and O–H groups in total. The normalized spacial score (nSPS) is 10.4. The van der Waals surface area contributed by atoms with Gasteiger partial charge in [0.25, 0.3) is 5.91 Å². The van der Waals surface area contributed by atoms with E-state index < -0.39 is 0 Å². The molecule has 0 atom stereocenters. The first kappa shape index (κ1) is 21.1. The number of benzene rings is 3.